The van der Waals surface area contributed by atoms with E-state index in [4.69, 9.17) is 11.6 Å². The van der Waals surface area contributed by atoms with Crippen molar-refractivity contribution in [3.8, 4) is 0 Å². The van der Waals surface area contributed by atoms with Crippen LogP contribution >= 0.6 is 23.4 Å². The lowest BCUT2D eigenvalue weighted by Crippen LogP contribution is -2.36. The van der Waals surface area contributed by atoms with Crippen LogP contribution in [0.3, 0.4) is 0 Å². The largest absolute Gasteiger partial charge is 0.344 e. The summed E-state index contributed by atoms with van der Waals surface area (Å²) in [5.74, 6) is -4.01. The second-order valence-electron chi connectivity index (χ2n) is 8.04. The molecule has 0 atom stereocenters. The van der Waals surface area contributed by atoms with Crippen LogP contribution in [0, 0.1) is 19.7 Å². The number of hydrogen-bond donors (Lipinski definition) is 1. The minimum absolute atomic E-state index is 0.0746. The Morgan fingerprint density at radius 3 is 2.67 bits per heavy atom. The zero-order chi connectivity index (χ0) is 23.8. The molecule has 1 aliphatic carbocycles. The van der Waals surface area contributed by atoms with E-state index >= 15 is 0 Å². The van der Waals surface area contributed by atoms with E-state index in [0.717, 1.165) is 30.2 Å². The maximum Gasteiger partial charge on any atom is 0.291 e. The van der Waals surface area contributed by atoms with Crippen LogP contribution in [0.25, 0.3) is 0 Å². The van der Waals surface area contributed by atoms with Crippen LogP contribution in [0.2, 0.25) is 5.02 Å². The Bertz CT molecular complexity index is 1220. The fourth-order valence-electron chi connectivity index (χ4n) is 3.42. The Hall–Kier alpha value is -2.58. The molecule has 1 saturated carbocycles. The summed E-state index contributed by atoms with van der Waals surface area (Å²) in [5.41, 5.74) is 0.936. The molecule has 2 aromatic carbocycles. The summed E-state index contributed by atoms with van der Waals surface area (Å²) in [6, 6.07) is 9.36. The first kappa shape index (κ1) is 23.6. The monoisotopic (exact) mass is 491 g/mol. The van der Waals surface area contributed by atoms with Gasteiger partial charge in [-0.2, -0.15) is 8.78 Å². The Labute approximate surface area is 199 Å². The first-order chi connectivity index (χ1) is 15.7. The minimum atomic E-state index is -3.39. The van der Waals surface area contributed by atoms with Gasteiger partial charge in [0, 0.05) is 16.7 Å². The molecule has 1 fully saturated rings. The van der Waals surface area contributed by atoms with Gasteiger partial charge in [-0.3, -0.25) is 4.79 Å². The predicted molar refractivity (Wildman–Crippen MR) is 122 cm³/mol. The van der Waals surface area contributed by atoms with Gasteiger partial charge in [0.15, 0.2) is 0 Å². The lowest BCUT2D eigenvalue weighted by atomic mass is 10.1. The van der Waals surface area contributed by atoms with Crippen LogP contribution in [0.5, 0.6) is 0 Å². The zero-order valence-electron chi connectivity index (χ0n) is 18.0. The Kier molecular flexibility index (Phi) is 6.68. The number of aromatic nitrogens is 2. The first-order valence-corrected chi connectivity index (χ1v) is 11.6. The second-order valence-corrected chi connectivity index (χ2v) is 9.53. The molecule has 3 aromatic rings. The highest BCUT2D eigenvalue weighted by molar-refractivity contribution is 7.99. The average Bonchev–Trinajstić information content (AvgIpc) is 3.59. The van der Waals surface area contributed by atoms with Crippen molar-refractivity contribution in [3.63, 3.8) is 0 Å². The zero-order valence-corrected chi connectivity index (χ0v) is 19.5. The molecule has 1 heterocycles. The summed E-state index contributed by atoms with van der Waals surface area (Å²) in [6.45, 7) is 2.36. The molecule has 1 aromatic heterocycles. The maximum atomic E-state index is 14.9. The lowest BCUT2D eigenvalue weighted by molar-refractivity contribution is -0.00245. The van der Waals surface area contributed by atoms with Gasteiger partial charge in [0.2, 0.25) is 0 Å². The van der Waals surface area contributed by atoms with Gasteiger partial charge in [0.25, 0.3) is 11.8 Å². The fraction of sp³-hybridized carbons (Fsp3) is 0.292. The molecule has 4 rings (SSSR count). The van der Waals surface area contributed by atoms with Crippen molar-refractivity contribution in [2.45, 2.75) is 48.3 Å². The van der Waals surface area contributed by atoms with Crippen LogP contribution in [-0.4, -0.2) is 22.4 Å². The lowest BCUT2D eigenvalue weighted by Gasteiger charge is -2.19. The summed E-state index contributed by atoms with van der Waals surface area (Å²) in [4.78, 5) is 21.7. The highest BCUT2D eigenvalue weighted by Gasteiger charge is 2.35. The highest BCUT2D eigenvalue weighted by Crippen LogP contribution is 2.44. The third-order valence-electron chi connectivity index (χ3n) is 5.31. The molecule has 0 aliphatic heterocycles. The van der Waals surface area contributed by atoms with Crippen molar-refractivity contribution in [3.05, 3.63) is 81.6 Å². The molecule has 9 heteroatoms. The molecule has 0 bridgehead atoms. The molecule has 0 saturated heterocycles. The Morgan fingerprint density at radius 1 is 1.21 bits per heavy atom. The van der Waals surface area contributed by atoms with Crippen LogP contribution in [0.15, 0.2) is 52.4 Å². The minimum Gasteiger partial charge on any atom is -0.344 e. The summed E-state index contributed by atoms with van der Waals surface area (Å²) in [7, 11) is 0. The molecule has 0 unspecified atom stereocenters. The number of halogens is 4. The Balaban J connectivity index is 1.55. The molecule has 4 nitrogen and oxygen atoms in total. The first-order valence-electron chi connectivity index (χ1n) is 10.4. The molecule has 1 N–H and O–H groups in total. The van der Waals surface area contributed by atoms with Crippen LogP contribution in [0.4, 0.5) is 13.2 Å². The van der Waals surface area contributed by atoms with Gasteiger partial charge < -0.3 is 5.32 Å². The van der Waals surface area contributed by atoms with E-state index in [1.54, 1.807) is 32.0 Å². The van der Waals surface area contributed by atoms with Gasteiger partial charge in [-0.1, -0.05) is 47.6 Å². The average molecular weight is 492 g/mol. The molecular weight excluding hydrogens is 471 g/mol. The molecule has 33 heavy (non-hydrogen) atoms. The van der Waals surface area contributed by atoms with Crippen molar-refractivity contribution >= 4 is 29.3 Å². The van der Waals surface area contributed by atoms with Crippen LogP contribution in [0.1, 0.15) is 51.8 Å². The molecule has 0 radical (unpaired) electrons. The maximum absolute atomic E-state index is 14.9. The normalized spacial score (nSPS) is 13.8. The number of nitrogens with zero attached hydrogens (tertiary/aromatic N) is 2. The number of aryl methyl sites for hydroxylation is 2. The number of alkyl halides is 2. The summed E-state index contributed by atoms with van der Waals surface area (Å²) < 4.78 is 44.4. The van der Waals surface area contributed by atoms with E-state index in [0.29, 0.717) is 16.3 Å². The fourth-order valence-corrected chi connectivity index (χ4v) is 4.72. The Morgan fingerprint density at radius 2 is 1.97 bits per heavy atom. The van der Waals surface area contributed by atoms with Crippen molar-refractivity contribution in [1.29, 1.82) is 0 Å². The van der Waals surface area contributed by atoms with Crippen LogP contribution < -0.4 is 5.32 Å². The van der Waals surface area contributed by atoms with Crippen molar-refractivity contribution < 1.29 is 18.0 Å². The standard InChI is InChI=1S/C24H21ClF3N3OS/c1-13-6-9-17(18(25)10-13)24(27,28)12-30-23(32)22-20(11-29-14(2)31-22)33-19-5-3-4-16(21(19)26)15-7-8-15/h3-6,9-11,15H,7-8,12H2,1-2H3,(H,30,32). The van der Waals surface area contributed by atoms with Gasteiger partial charge in [-0.05, 0) is 55.9 Å². The number of amides is 1. The van der Waals surface area contributed by atoms with E-state index in [1.165, 1.54) is 24.4 Å². The number of benzene rings is 2. The van der Waals surface area contributed by atoms with Gasteiger partial charge in [-0.25, -0.2) is 14.4 Å². The SMILES string of the molecule is Cc1ccc(C(F)(F)CNC(=O)c2nc(C)ncc2Sc2cccc(C3CC3)c2F)c(Cl)c1. The molecule has 172 valence electrons. The molecule has 1 amide bonds. The second kappa shape index (κ2) is 9.35. The van der Waals surface area contributed by atoms with Gasteiger partial charge in [-0.15, -0.1) is 0 Å². The smallest absolute Gasteiger partial charge is 0.291 e. The third kappa shape index (κ3) is 5.33. The quantitative estimate of drug-likeness (QED) is 0.413. The van der Waals surface area contributed by atoms with E-state index < -0.39 is 18.4 Å². The van der Waals surface area contributed by atoms with E-state index in [9.17, 15) is 18.0 Å². The number of carbonyl (C=O) groups excluding carboxylic acids is 1. The number of hydrogen-bond acceptors (Lipinski definition) is 4. The molecule has 0 spiro atoms. The van der Waals surface area contributed by atoms with Crippen molar-refractivity contribution in [2.24, 2.45) is 0 Å². The van der Waals surface area contributed by atoms with Gasteiger partial charge in [0.1, 0.15) is 17.3 Å². The van der Waals surface area contributed by atoms with Crippen LogP contribution in [-0.2, 0) is 5.92 Å². The summed E-state index contributed by atoms with van der Waals surface area (Å²) in [6.07, 6.45) is 3.30. The van der Waals surface area contributed by atoms with E-state index in [2.05, 4.69) is 15.3 Å². The van der Waals surface area contributed by atoms with Crippen molar-refractivity contribution in [2.75, 3.05) is 6.54 Å². The number of nitrogens with one attached hydrogen (secondary N) is 1. The molecular formula is C24H21ClF3N3OS. The van der Waals surface area contributed by atoms with Gasteiger partial charge >= 0.3 is 0 Å². The number of carbonyl (C=O) groups is 1. The third-order valence-corrected chi connectivity index (χ3v) is 6.68. The summed E-state index contributed by atoms with van der Waals surface area (Å²) >= 11 is 6.99. The molecule has 1 aliphatic rings. The van der Waals surface area contributed by atoms with Crippen molar-refractivity contribution in [1.82, 2.24) is 15.3 Å². The highest BCUT2D eigenvalue weighted by atomic mass is 35.5. The van der Waals surface area contributed by atoms with Gasteiger partial charge in [0.05, 0.1) is 16.5 Å². The topological polar surface area (TPSA) is 54.9 Å². The summed E-state index contributed by atoms with van der Waals surface area (Å²) in [5, 5.41) is 2.17. The van der Waals surface area contributed by atoms with E-state index in [-0.39, 0.29) is 32.9 Å². The predicted octanol–water partition coefficient (Wildman–Crippen LogP) is 6.44. The number of rotatable bonds is 7. The van der Waals surface area contributed by atoms with E-state index in [1.807, 2.05) is 0 Å².